The Hall–Kier alpha value is -4.31. The number of ketones is 1. The molecule has 0 radical (unpaired) electrons. The second-order valence-electron chi connectivity index (χ2n) is 12.4. The van der Waals surface area contributed by atoms with Gasteiger partial charge in [0.2, 0.25) is 0 Å². The second kappa shape index (κ2) is 9.09. The SMILES string of the molecule is CC1(C)c2cc(-c3ccc4sc5c(c4c3)CCC=C5)ccc2C(=O)c2ccc(-c3ccc4sc5ccccc5c4c3)cc21. The largest absolute Gasteiger partial charge is 0.289 e. The van der Waals surface area contributed by atoms with Gasteiger partial charge in [-0.3, -0.25) is 4.79 Å². The lowest BCUT2D eigenvalue weighted by atomic mass is 9.67. The lowest BCUT2D eigenvalue weighted by Crippen LogP contribution is -2.30. The first kappa shape index (κ1) is 25.2. The standard InChI is InChI=1S/C40H28OS2/c1-40(2)33-21-25(23-13-17-37-31(19-23)27-7-3-5-9-35(27)42-37)11-15-29(33)39(41)30-16-12-26(22-34(30)40)24-14-18-38-32(20-24)28-8-4-6-10-36(28)43-38/h3,5-7,9-22H,4,8H2,1-2H3. The molecule has 2 aromatic heterocycles. The summed E-state index contributed by atoms with van der Waals surface area (Å²) < 4.78 is 3.97. The summed E-state index contributed by atoms with van der Waals surface area (Å²) in [5.41, 5.74) is 9.72. The van der Waals surface area contributed by atoms with Gasteiger partial charge in [0.15, 0.2) is 5.78 Å². The highest BCUT2D eigenvalue weighted by Gasteiger charge is 2.37. The number of benzene rings is 5. The maximum Gasteiger partial charge on any atom is 0.193 e. The fourth-order valence-corrected chi connectivity index (χ4v) is 9.48. The molecule has 0 bridgehead atoms. The predicted molar refractivity (Wildman–Crippen MR) is 185 cm³/mol. The Morgan fingerprint density at radius 3 is 1.91 bits per heavy atom. The molecule has 0 atom stereocenters. The molecule has 0 aliphatic heterocycles. The van der Waals surface area contributed by atoms with Crippen molar-refractivity contribution in [2.45, 2.75) is 32.1 Å². The lowest BCUT2D eigenvalue weighted by molar-refractivity contribution is 0.103. The number of thiophene rings is 2. The Morgan fingerprint density at radius 1 is 0.605 bits per heavy atom. The van der Waals surface area contributed by atoms with Crippen LogP contribution in [0.4, 0.5) is 0 Å². The summed E-state index contributed by atoms with van der Waals surface area (Å²) in [5.74, 6) is 0.121. The van der Waals surface area contributed by atoms with Crippen LogP contribution in [0.3, 0.4) is 0 Å². The molecule has 0 fully saturated rings. The third-order valence-electron chi connectivity index (χ3n) is 9.57. The molecule has 1 nitrogen and oxygen atoms in total. The van der Waals surface area contributed by atoms with Gasteiger partial charge in [0.25, 0.3) is 0 Å². The summed E-state index contributed by atoms with van der Waals surface area (Å²) in [6, 6.07) is 35.2. The van der Waals surface area contributed by atoms with Gasteiger partial charge in [-0.25, -0.2) is 0 Å². The van der Waals surface area contributed by atoms with Crippen LogP contribution in [0.2, 0.25) is 0 Å². The average molecular weight is 589 g/mol. The van der Waals surface area contributed by atoms with Crippen LogP contribution in [0.15, 0.2) is 103 Å². The number of aryl methyl sites for hydroxylation is 1. The highest BCUT2D eigenvalue weighted by atomic mass is 32.1. The van der Waals surface area contributed by atoms with E-state index in [1.54, 1.807) is 0 Å². The molecule has 0 unspecified atom stereocenters. The first-order valence-corrected chi connectivity index (χ1v) is 16.6. The lowest BCUT2D eigenvalue weighted by Gasteiger charge is -2.35. The molecule has 0 N–H and O–H groups in total. The quantitative estimate of drug-likeness (QED) is 0.196. The summed E-state index contributed by atoms with van der Waals surface area (Å²) >= 11 is 3.73. The predicted octanol–water partition coefficient (Wildman–Crippen LogP) is 11.4. The highest BCUT2D eigenvalue weighted by Crippen LogP contribution is 2.45. The molecule has 2 aliphatic carbocycles. The van der Waals surface area contributed by atoms with Crippen molar-refractivity contribution in [1.82, 2.24) is 0 Å². The van der Waals surface area contributed by atoms with Gasteiger partial charge in [0.1, 0.15) is 0 Å². The van der Waals surface area contributed by atoms with Gasteiger partial charge in [-0.2, -0.15) is 0 Å². The number of allylic oxidation sites excluding steroid dienone is 1. The molecule has 2 heterocycles. The Morgan fingerprint density at radius 2 is 1.19 bits per heavy atom. The molecule has 5 aromatic carbocycles. The van der Waals surface area contributed by atoms with Crippen molar-refractivity contribution in [3.63, 3.8) is 0 Å². The van der Waals surface area contributed by atoms with E-state index in [0.717, 1.165) is 40.7 Å². The molecule has 0 amide bonds. The topological polar surface area (TPSA) is 17.1 Å². The monoisotopic (exact) mass is 588 g/mol. The zero-order valence-corrected chi connectivity index (χ0v) is 25.7. The van der Waals surface area contributed by atoms with Crippen LogP contribution in [0.1, 0.15) is 57.8 Å². The molecule has 9 rings (SSSR count). The van der Waals surface area contributed by atoms with Crippen molar-refractivity contribution < 1.29 is 4.79 Å². The van der Waals surface area contributed by atoms with Crippen molar-refractivity contribution in [3.05, 3.63) is 136 Å². The summed E-state index contributed by atoms with van der Waals surface area (Å²) in [5, 5.41) is 3.97. The van der Waals surface area contributed by atoms with Crippen molar-refractivity contribution in [2.24, 2.45) is 0 Å². The fourth-order valence-electron chi connectivity index (χ4n) is 7.23. The van der Waals surface area contributed by atoms with Crippen LogP contribution in [-0.4, -0.2) is 5.78 Å². The third kappa shape index (κ3) is 3.71. The first-order valence-electron chi connectivity index (χ1n) is 14.9. The highest BCUT2D eigenvalue weighted by molar-refractivity contribution is 7.25. The minimum Gasteiger partial charge on any atom is -0.289 e. The minimum absolute atomic E-state index is 0.121. The van der Waals surface area contributed by atoms with E-state index in [-0.39, 0.29) is 11.2 Å². The molecule has 43 heavy (non-hydrogen) atoms. The number of rotatable bonds is 2. The maximum absolute atomic E-state index is 13.9. The van der Waals surface area contributed by atoms with Crippen molar-refractivity contribution >= 4 is 64.8 Å². The Kier molecular flexibility index (Phi) is 5.33. The normalized spacial score (nSPS) is 15.2. The van der Waals surface area contributed by atoms with Crippen LogP contribution in [0.25, 0.3) is 58.6 Å². The second-order valence-corrected chi connectivity index (χ2v) is 14.5. The molecule has 0 saturated heterocycles. The van der Waals surface area contributed by atoms with Gasteiger partial charge in [-0.15, -0.1) is 22.7 Å². The van der Waals surface area contributed by atoms with Crippen molar-refractivity contribution in [3.8, 4) is 22.3 Å². The average Bonchev–Trinajstić information content (AvgIpc) is 3.61. The molecular weight excluding hydrogens is 561 g/mol. The van der Waals surface area contributed by atoms with Gasteiger partial charge in [-0.05, 0) is 106 Å². The van der Waals surface area contributed by atoms with Gasteiger partial charge >= 0.3 is 0 Å². The van der Waals surface area contributed by atoms with E-state index in [1.165, 1.54) is 57.4 Å². The van der Waals surface area contributed by atoms with Crippen LogP contribution >= 0.6 is 22.7 Å². The number of carbonyl (C=O) groups excluding carboxylic acids is 1. The molecule has 0 spiro atoms. The van der Waals surface area contributed by atoms with Gasteiger partial charge < -0.3 is 0 Å². The number of hydrogen-bond acceptors (Lipinski definition) is 3. The molecular formula is C40H28OS2. The third-order valence-corrected chi connectivity index (χ3v) is 11.9. The molecule has 206 valence electrons. The van der Waals surface area contributed by atoms with E-state index in [9.17, 15) is 4.79 Å². The summed E-state index contributed by atoms with van der Waals surface area (Å²) in [4.78, 5) is 15.3. The smallest absolute Gasteiger partial charge is 0.193 e. The van der Waals surface area contributed by atoms with Gasteiger partial charge in [-0.1, -0.05) is 74.5 Å². The van der Waals surface area contributed by atoms with E-state index >= 15 is 0 Å². The summed E-state index contributed by atoms with van der Waals surface area (Å²) in [7, 11) is 0. The van der Waals surface area contributed by atoms with Crippen molar-refractivity contribution in [1.29, 1.82) is 0 Å². The molecule has 7 aromatic rings. The Bertz CT molecular complexity index is 2340. The Balaban J connectivity index is 1.15. The molecule has 0 saturated carbocycles. The van der Waals surface area contributed by atoms with Crippen LogP contribution < -0.4 is 0 Å². The van der Waals surface area contributed by atoms with Crippen LogP contribution in [0.5, 0.6) is 0 Å². The maximum atomic E-state index is 13.9. The van der Waals surface area contributed by atoms with Crippen LogP contribution in [-0.2, 0) is 11.8 Å². The van der Waals surface area contributed by atoms with Crippen molar-refractivity contribution in [2.75, 3.05) is 0 Å². The Labute approximate surface area is 258 Å². The number of carbonyl (C=O) groups is 1. The molecule has 2 aliphatic rings. The molecule has 3 heteroatoms. The fraction of sp³-hybridized carbons (Fsp3) is 0.125. The van der Waals surface area contributed by atoms with E-state index in [0.29, 0.717) is 0 Å². The first-order chi connectivity index (χ1) is 21.0. The summed E-state index contributed by atoms with van der Waals surface area (Å²) in [6.45, 7) is 4.54. The summed E-state index contributed by atoms with van der Waals surface area (Å²) in [6.07, 6.45) is 6.78. The number of fused-ring (bicyclic) bond motifs is 8. The zero-order chi connectivity index (χ0) is 28.9. The van der Waals surface area contributed by atoms with E-state index in [2.05, 4.69) is 117 Å². The van der Waals surface area contributed by atoms with Gasteiger partial charge in [0, 0.05) is 46.3 Å². The van der Waals surface area contributed by atoms with E-state index in [4.69, 9.17) is 0 Å². The van der Waals surface area contributed by atoms with Gasteiger partial charge in [0.05, 0.1) is 0 Å². The zero-order valence-electron chi connectivity index (χ0n) is 24.0. The minimum atomic E-state index is -0.319. The van der Waals surface area contributed by atoms with Crippen LogP contribution in [0, 0.1) is 0 Å². The van der Waals surface area contributed by atoms with E-state index in [1.807, 2.05) is 28.7 Å². The van der Waals surface area contributed by atoms with E-state index < -0.39 is 0 Å². The number of hydrogen-bond donors (Lipinski definition) is 0.